The maximum atomic E-state index is 3.58. The van der Waals surface area contributed by atoms with Crippen molar-refractivity contribution in [2.45, 2.75) is 19.5 Å². The third-order valence-electron chi connectivity index (χ3n) is 2.68. The van der Waals surface area contributed by atoms with E-state index in [4.69, 9.17) is 0 Å². The zero-order valence-electron chi connectivity index (χ0n) is 8.70. The summed E-state index contributed by atoms with van der Waals surface area (Å²) in [5.74, 6) is 0. The lowest BCUT2D eigenvalue weighted by Gasteiger charge is -2.33. The molecule has 1 saturated heterocycles. The summed E-state index contributed by atoms with van der Waals surface area (Å²) in [7, 11) is 0. The Morgan fingerprint density at radius 2 is 2.47 bits per heavy atom. The summed E-state index contributed by atoms with van der Waals surface area (Å²) in [6.45, 7) is 6.76. The maximum absolute atomic E-state index is 3.58. The van der Waals surface area contributed by atoms with Crippen LogP contribution in [0.25, 0.3) is 0 Å². The second-order valence-electron chi connectivity index (χ2n) is 3.72. The van der Waals surface area contributed by atoms with Crippen molar-refractivity contribution in [3.05, 3.63) is 20.8 Å². The molecule has 2 rings (SSSR count). The van der Waals surface area contributed by atoms with E-state index in [0.717, 1.165) is 26.2 Å². The summed E-state index contributed by atoms with van der Waals surface area (Å²) in [5, 5.41) is 5.55. The number of nitrogens with zero attached hydrogens (tertiary/aromatic N) is 1. The van der Waals surface area contributed by atoms with E-state index in [0.29, 0.717) is 6.04 Å². The molecule has 1 aliphatic rings. The fourth-order valence-electron chi connectivity index (χ4n) is 1.74. The van der Waals surface area contributed by atoms with Gasteiger partial charge < -0.3 is 5.32 Å². The maximum Gasteiger partial charge on any atom is 0.0343 e. The Hall–Kier alpha value is 0.390. The van der Waals surface area contributed by atoms with Crippen molar-refractivity contribution in [2.24, 2.45) is 0 Å². The van der Waals surface area contributed by atoms with E-state index in [9.17, 15) is 0 Å². The molecule has 0 aliphatic carbocycles. The van der Waals surface area contributed by atoms with Crippen molar-refractivity contribution >= 4 is 39.7 Å². The van der Waals surface area contributed by atoms with Crippen LogP contribution in [0, 0.1) is 0 Å². The molecule has 86 valence electrons. The molecule has 1 aromatic heterocycles. The van der Waals surface area contributed by atoms with Gasteiger partial charge in [0.15, 0.2) is 0 Å². The third kappa shape index (κ3) is 3.43. The molecule has 2 heterocycles. The van der Waals surface area contributed by atoms with Gasteiger partial charge in [0.25, 0.3) is 0 Å². The molecule has 0 spiro atoms. The molecule has 1 fully saturated rings. The first-order valence-electron chi connectivity index (χ1n) is 4.94. The number of hydrogen-bond acceptors (Lipinski definition) is 3. The van der Waals surface area contributed by atoms with Crippen LogP contribution in [-0.4, -0.2) is 30.6 Å². The van der Waals surface area contributed by atoms with Crippen molar-refractivity contribution in [3.63, 3.8) is 0 Å². The average Bonchev–Trinajstić information content (AvgIpc) is 2.56. The SMILES string of the molecule is C[C@@H]1CNCCN1Cc1sccc1Br.Cl. The number of halogens is 2. The van der Waals surface area contributed by atoms with E-state index < -0.39 is 0 Å². The summed E-state index contributed by atoms with van der Waals surface area (Å²) in [6, 6.07) is 2.78. The van der Waals surface area contributed by atoms with Crippen LogP contribution >= 0.6 is 39.7 Å². The number of nitrogens with one attached hydrogen (secondary N) is 1. The quantitative estimate of drug-likeness (QED) is 0.903. The molecule has 1 atom stereocenters. The van der Waals surface area contributed by atoms with Crippen LogP contribution in [0.2, 0.25) is 0 Å². The molecule has 0 aromatic carbocycles. The minimum atomic E-state index is 0. The lowest BCUT2D eigenvalue weighted by molar-refractivity contribution is 0.167. The van der Waals surface area contributed by atoms with E-state index in [2.05, 4.69) is 44.5 Å². The van der Waals surface area contributed by atoms with Crippen molar-refractivity contribution in [1.82, 2.24) is 10.2 Å². The van der Waals surface area contributed by atoms with Crippen LogP contribution in [0.5, 0.6) is 0 Å². The van der Waals surface area contributed by atoms with E-state index in [1.807, 2.05) is 11.3 Å². The molecular formula is C10H16BrClN2S. The van der Waals surface area contributed by atoms with Gasteiger partial charge in [-0.15, -0.1) is 23.7 Å². The molecule has 0 bridgehead atoms. The molecule has 1 aliphatic heterocycles. The predicted molar refractivity (Wildman–Crippen MR) is 72.0 cm³/mol. The van der Waals surface area contributed by atoms with Gasteiger partial charge in [0.05, 0.1) is 0 Å². The normalized spacial score (nSPS) is 22.4. The van der Waals surface area contributed by atoms with E-state index in [1.165, 1.54) is 9.35 Å². The van der Waals surface area contributed by atoms with Crippen LogP contribution in [-0.2, 0) is 6.54 Å². The lowest BCUT2D eigenvalue weighted by Crippen LogP contribution is -2.49. The first-order valence-corrected chi connectivity index (χ1v) is 6.61. The van der Waals surface area contributed by atoms with E-state index in [-0.39, 0.29) is 12.4 Å². The molecule has 15 heavy (non-hydrogen) atoms. The summed E-state index contributed by atoms with van der Waals surface area (Å²) >= 11 is 5.42. The summed E-state index contributed by atoms with van der Waals surface area (Å²) in [4.78, 5) is 3.98. The van der Waals surface area contributed by atoms with Crippen LogP contribution in [0.15, 0.2) is 15.9 Å². The Labute approximate surface area is 110 Å². The molecule has 2 nitrogen and oxygen atoms in total. The third-order valence-corrected chi connectivity index (χ3v) is 4.59. The predicted octanol–water partition coefficient (Wildman–Crippen LogP) is 2.73. The van der Waals surface area contributed by atoms with Gasteiger partial charge in [-0.2, -0.15) is 0 Å². The van der Waals surface area contributed by atoms with Crippen LogP contribution in [0.3, 0.4) is 0 Å². The Morgan fingerprint density at radius 3 is 3.07 bits per heavy atom. The topological polar surface area (TPSA) is 15.3 Å². The van der Waals surface area contributed by atoms with Gasteiger partial charge in [0, 0.05) is 41.6 Å². The van der Waals surface area contributed by atoms with Crippen LogP contribution < -0.4 is 5.32 Å². The largest absolute Gasteiger partial charge is 0.314 e. The zero-order valence-corrected chi connectivity index (χ0v) is 11.9. The Bertz CT molecular complexity index is 305. The number of thiophene rings is 1. The van der Waals surface area contributed by atoms with Gasteiger partial charge in [0.1, 0.15) is 0 Å². The first-order chi connectivity index (χ1) is 6.77. The molecule has 1 aromatic rings. The standard InChI is InChI=1S/C10H15BrN2S.ClH/c1-8-6-12-3-4-13(8)7-10-9(11)2-5-14-10;/h2,5,8,12H,3-4,6-7H2,1H3;1H/t8-;/m1./s1. The summed E-state index contributed by atoms with van der Waals surface area (Å²) in [5.41, 5.74) is 0. The monoisotopic (exact) mass is 310 g/mol. The summed E-state index contributed by atoms with van der Waals surface area (Å²) < 4.78 is 1.26. The van der Waals surface area contributed by atoms with Crippen molar-refractivity contribution in [2.75, 3.05) is 19.6 Å². The van der Waals surface area contributed by atoms with Crippen molar-refractivity contribution < 1.29 is 0 Å². The van der Waals surface area contributed by atoms with Crippen molar-refractivity contribution in [3.8, 4) is 0 Å². The van der Waals surface area contributed by atoms with Gasteiger partial charge in [-0.05, 0) is 34.3 Å². The van der Waals surface area contributed by atoms with Gasteiger partial charge in [0.2, 0.25) is 0 Å². The molecule has 5 heteroatoms. The summed E-state index contributed by atoms with van der Waals surface area (Å²) in [6.07, 6.45) is 0. The second-order valence-corrected chi connectivity index (χ2v) is 5.57. The molecular weight excluding hydrogens is 296 g/mol. The average molecular weight is 312 g/mol. The Kier molecular flexibility index (Phi) is 5.57. The van der Waals surface area contributed by atoms with Gasteiger partial charge in [-0.1, -0.05) is 0 Å². The smallest absolute Gasteiger partial charge is 0.0343 e. The fourth-order valence-corrected chi connectivity index (χ4v) is 3.24. The second kappa shape index (κ2) is 6.21. The molecule has 0 saturated carbocycles. The van der Waals surface area contributed by atoms with E-state index >= 15 is 0 Å². The Balaban J connectivity index is 0.00000112. The number of rotatable bonds is 2. The lowest BCUT2D eigenvalue weighted by atomic mass is 10.2. The zero-order chi connectivity index (χ0) is 9.97. The van der Waals surface area contributed by atoms with Crippen LogP contribution in [0.4, 0.5) is 0 Å². The van der Waals surface area contributed by atoms with Crippen molar-refractivity contribution in [1.29, 1.82) is 0 Å². The van der Waals surface area contributed by atoms with Gasteiger partial charge in [-0.3, -0.25) is 4.90 Å². The van der Waals surface area contributed by atoms with Crippen LogP contribution in [0.1, 0.15) is 11.8 Å². The molecule has 0 unspecified atom stereocenters. The Morgan fingerprint density at radius 1 is 1.67 bits per heavy atom. The van der Waals surface area contributed by atoms with Gasteiger partial charge >= 0.3 is 0 Å². The number of hydrogen-bond donors (Lipinski definition) is 1. The highest BCUT2D eigenvalue weighted by molar-refractivity contribution is 9.10. The highest BCUT2D eigenvalue weighted by Crippen LogP contribution is 2.24. The molecule has 1 N–H and O–H groups in total. The molecule has 0 radical (unpaired) electrons. The highest BCUT2D eigenvalue weighted by atomic mass is 79.9. The van der Waals surface area contributed by atoms with E-state index in [1.54, 1.807) is 0 Å². The minimum absolute atomic E-state index is 0. The molecule has 0 amide bonds. The first kappa shape index (κ1) is 13.5. The fraction of sp³-hybridized carbons (Fsp3) is 0.600. The highest BCUT2D eigenvalue weighted by Gasteiger charge is 2.18. The van der Waals surface area contributed by atoms with Gasteiger partial charge in [-0.25, -0.2) is 0 Å². The number of piperazine rings is 1. The minimum Gasteiger partial charge on any atom is -0.314 e.